The van der Waals surface area contributed by atoms with Crippen LogP contribution in [0.4, 0.5) is 0 Å². The molecule has 0 aliphatic rings. The molecule has 0 rings (SSSR count). The van der Waals surface area contributed by atoms with Crippen LogP contribution in [0.5, 0.6) is 0 Å². The Bertz CT molecular complexity index is 146. The maximum absolute atomic E-state index is 10.5. The number of terminal acetylenes is 1. The van der Waals surface area contributed by atoms with Crippen molar-refractivity contribution in [3.8, 4) is 12.3 Å². The van der Waals surface area contributed by atoms with E-state index in [0.29, 0.717) is 26.1 Å². The van der Waals surface area contributed by atoms with E-state index < -0.39 is 0 Å². The first-order valence-electron chi connectivity index (χ1n) is 3.39. The quantitative estimate of drug-likeness (QED) is 0.332. The summed E-state index contributed by atoms with van der Waals surface area (Å²) in [5, 5.41) is 0. The molecule has 62 valence electrons. The average molecular weight is 156 g/mol. The Morgan fingerprint density at radius 3 is 2.91 bits per heavy atom. The first-order valence-corrected chi connectivity index (χ1v) is 3.39. The number of carbonyl (C=O) groups is 1. The maximum Gasteiger partial charge on any atom is 0.305 e. The van der Waals surface area contributed by atoms with Crippen LogP contribution in [0.25, 0.3) is 0 Å². The van der Waals surface area contributed by atoms with Crippen molar-refractivity contribution in [2.75, 3.05) is 20.3 Å². The molecule has 3 heteroatoms. The molecule has 0 fully saturated rings. The smallest absolute Gasteiger partial charge is 0.305 e. The van der Waals surface area contributed by atoms with E-state index in [-0.39, 0.29) is 5.97 Å². The minimum Gasteiger partial charge on any atom is -0.469 e. The summed E-state index contributed by atoms with van der Waals surface area (Å²) < 4.78 is 9.36. The Morgan fingerprint density at radius 2 is 2.36 bits per heavy atom. The molecular weight excluding hydrogens is 144 g/mol. The summed E-state index contributed by atoms with van der Waals surface area (Å²) >= 11 is 0. The molecule has 0 aliphatic carbocycles. The third-order valence-electron chi connectivity index (χ3n) is 1.08. The second kappa shape index (κ2) is 7.10. The molecule has 0 bridgehead atoms. The Balaban J connectivity index is 3.03. The van der Waals surface area contributed by atoms with Crippen LogP contribution >= 0.6 is 0 Å². The number of ether oxygens (including phenoxy) is 2. The highest BCUT2D eigenvalue weighted by Crippen LogP contribution is 1.91. The van der Waals surface area contributed by atoms with Crippen molar-refractivity contribution in [1.82, 2.24) is 0 Å². The van der Waals surface area contributed by atoms with Gasteiger partial charge in [0.15, 0.2) is 0 Å². The fourth-order valence-corrected chi connectivity index (χ4v) is 0.552. The van der Waals surface area contributed by atoms with Crippen molar-refractivity contribution >= 4 is 5.97 Å². The van der Waals surface area contributed by atoms with Gasteiger partial charge in [-0.2, -0.15) is 0 Å². The van der Waals surface area contributed by atoms with Crippen LogP contribution in [0.15, 0.2) is 0 Å². The molecule has 0 heterocycles. The SMILES string of the molecule is C#CCOCCCC(=O)OC. The van der Waals surface area contributed by atoms with Crippen molar-refractivity contribution in [3.63, 3.8) is 0 Å². The summed E-state index contributed by atoms with van der Waals surface area (Å²) in [6, 6.07) is 0. The maximum atomic E-state index is 10.5. The van der Waals surface area contributed by atoms with Crippen molar-refractivity contribution in [3.05, 3.63) is 0 Å². The molecule has 0 radical (unpaired) electrons. The topological polar surface area (TPSA) is 35.5 Å². The van der Waals surface area contributed by atoms with Crippen LogP contribution < -0.4 is 0 Å². The molecule has 0 saturated heterocycles. The lowest BCUT2D eigenvalue weighted by Gasteiger charge is -1.98. The number of esters is 1. The molecule has 0 aromatic rings. The lowest BCUT2D eigenvalue weighted by atomic mass is 10.3. The van der Waals surface area contributed by atoms with Gasteiger partial charge in [0, 0.05) is 13.0 Å². The fourth-order valence-electron chi connectivity index (χ4n) is 0.552. The summed E-state index contributed by atoms with van der Waals surface area (Å²) in [5.74, 6) is 2.12. The zero-order valence-corrected chi connectivity index (χ0v) is 6.63. The Morgan fingerprint density at radius 1 is 1.64 bits per heavy atom. The molecule has 0 N–H and O–H groups in total. The van der Waals surface area contributed by atoms with E-state index in [1.54, 1.807) is 0 Å². The predicted octanol–water partition coefficient (Wildman–Crippen LogP) is 0.589. The summed E-state index contributed by atoms with van der Waals surface area (Å²) in [6.45, 7) is 0.820. The average Bonchev–Trinajstić information content (AvgIpc) is 2.04. The monoisotopic (exact) mass is 156 g/mol. The highest BCUT2D eigenvalue weighted by atomic mass is 16.5. The van der Waals surface area contributed by atoms with E-state index in [1.807, 2.05) is 0 Å². The van der Waals surface area contributed by atoms with Gasteiger partial charge in [0.05, 0.1) is 7.11 Å². The van der Waals surface area contributed by atoms with Crippen molar-refractivity contribution in [1.29, 1.82) is 0 Å². The van der Waals surface area contributed by atoms with Crippen LogP contribution in [0.1, 0.15) is 12.8 Å². The summed E-state index contributed by atoms with van der Waals surface area (Å²) in [6.07, 6.45) is 5.98. The van der Waals surface area contributed by atoms with E-state index in [2.05, 4.69) is 10.7 Å². The van der Waals surface area contributed by atoms with Crippen LogP contribution in [0, 0.1) is 12.3 Å². The van der Waals surface area contributed by atoms with E-state index in [0.717, 1.165) is 0 Å². The summed E-state index contributed by atoms with van der Waals surface area (Å²) in [7, 11) is 1.37. The van der Waals surface area contributed by atoms with Gasteiger partial charge in [-0.1, -0.05) is 5.92 Å². The largest absolute Gasteiger partial charge is 0.469 e. The van der Waals surface area contributed by atoms with E-state index in [1.165, 1.54) is 7.11 Å². The molecule has 0 amide bonds. The number of hydrogen-bond acceptors (Lipinski definition) is 3. The Kier molecular flexibility index (Phi) is 6.45. The summed E-state index contributed by atoms with van der Waals surface area (Å²) in [4.78, 5) is 10.5. The zero-order valence-electron chi connectivity index (χ0n) is 6.63. The number of methoxy groups -OCH3 is 1. The number of hydrogen-bond donors (Lipinski definition) is 0. The van der Waals surface area contributed by atoms with Gasteiger partial charge < -0.3 is 9.47 Å². The van der Waals surface area contributed by atoms with Gasteiger partial charge in [-0.05, 0) is 6.42 Å². The third-order valence-corrected chi connectivity index (χ3v) is 1.08. The van der Waals surface area contributed by atoms with Crippen molar-refractivity contribution < 1.29 is 14.3 Å². The minimum absolute atomic E-state index is 0.214. The van der Waals surface area contributed by atoms with E-state index in [9.17, 15) is 4.79 Å². The highest BCUT2D eigenvalue weighted by Gasteiger charge is 1.97. The van der Waals surface area contributed by atoms with Crippen LogP contribution in [-0.2, 0) is 14.3 Å². The first kappa shape index (κ1) is 9.99. The van der Waals surface area contributed by atoms with Gasteiger partial charge in [-0.25, -0.2) is 0 Å². The van der Waals surface area contributed by atoms with Gasteiger partial charge >= 0.3 is 5.97 Å². The molecule has 0 unspecified atom stereocenters. The van der Waals surface area contributed by atoms with Crippen molar-refractivity contribution in [2.45, 2.75) is 12.8 Å². The fraction of sp³-hybridized carbons (Fsp3) is 0.625. The van der Waals surface area contributed by atoms with Gasteiger partial charge in [0.1, 0.15) is 6.61 Å². The lowest BCUT2D eigenvalue weighted by Crippen LogP contribution is -2.03. The molecule has 0 atom stereocenters. The predicted molar refractivity (Wildman–Crippen MR) is 40.9 cm³/mol. The molecule has 3 nitrogen and oxygen atoms in total. The van der Waals surface area contributed by atoms with Crippen LogP contribution in [0.3, 0.4) is 0 Å². The number of carbonyl (C=O) groups excluding carboxylic acids is 1. The standard InChI is InChI=1S/C8H12O3/c1-3-6-11-7-4-5-8(9)10-2/h1H,4-7H2,2H3. The van der Waals surface area contributed by atoms with Crippen molar-refractivity contribution in [2.24, 2.45) is 0 Å². The third kappa shape index (κ3) is 6.88. The van der Waals surface area contributed by atoms with E-state index in [4.69, 9.17) is 11.2 Å². The molecule has 0 spiro atoms. The van der Waals surface area contributed by atoms with Crippen LogP contribution in [-0.4, -0.2) is 26.3 Å². The second-order valence-corrected chi connectivity index (χ2v) is 1.94. The molecule has 11 heavy (non-hydrogen) atoms. The first-order chi connectivity index (χ1) is 5.31. The highest BCUT2D eigenvalue weighted by molar-refractivity contribution is 5.68. The van der Waals surface area contributed by atoms with Gasteiger partial charge in [-0.15, -0.1) is 6.42 Å². The lowest BCUT2D eigenvalue weighted by molar-refractivity contribution is -0.140. The molecule has 0 aromatic heterocycles. The van der Waals surface area contributed by atoms with Crippen LogP contribution in [0.2, 0.25) is 0 Å². The summed E-state index contributed by atoms with van der Waals surface area (Å²) in [5.41, 5.74) is 0. The number of rotatable bonds is 5. The molecule has 0 aromatic carbocycles. The molecular formula is C8H12O3. The van der Waals surface area contributed by atoms with E-state index >= 15 is 0 Å². The Labute approximate surface area is 66.7 Å². The van der Waals surface area contributed by atoms with Gasteiger partial charge in [0.25, 0.3) is 0 Å². The van der Waals surface area contributed by atoms with Gasteiger partial charge in [-0.3, -0.25) is 4.79 Å². The Hall–Kier alpha value is -1.01. The zero-order chi connectivity index (χ0) is 8.53. The molecule has 0 aliphatic heterocycles. The normalized spacial score (nSPS) is 8.73. The van der Waals surface area contributed by atoms with Gasteiger partial charge in [0.2, 0.25) is 0 Å². The second-order valence-electron chi connectivity index (χ2n) is 1.94. The molecule has 0 saturated carbocycles. The minimum atomic E-state index is -0.214.